The van der Waals surface area contributed by atoms with E-state index in [9.17, 15) is 8.78 Å². The van der Waals surface area contributed by atoms with Crippen molar-refractivity contribution in [1.29, 1.82) is 0 Å². The van der Waals surface area contributed by atoms with Gasteiger partial charge in [0, 0.05) is 19.2 Å². The number of benzene rings is 1. The summed E-state index contributed by atoms with van der Waals surface area (Å²) in [7, 11) is 1.70. The Morgan fingerprint density at radius 1 is 1.25 bits per heavy atom. The molecule has 3 rings (SSSR count). The molecule has 1 aromatic carbocycles. The first-order valence-corrected chi connectivity index (χ1v) is 7.59. The molecule has 130 valence electrons. The van der Waals surface area contributed by atoms with Gasteiger partial charge in [0.25, 0.3) is 0 Å². The highest BCUT2D eigenvalue weighted by atomic mass is 127. The van der Waals surface area contributed by atoms with Crippen molar-refractivity contribution in [3.63, 3.8) is 0 Å². The van der Waals surface area contributed by atoms with Crippen LogP contribution in [0.4, 0.5) is 8.78 Å². The number of aliphatic imine (C=N–C) groups is 1. The van der Waals surface area contributed by atoms with Crippen LogP contribution in [0.5, 0.6) is 0 Å². The van der Waals surface area contributed by atoms with Crippen LogP contribution in [-0.2, 0) is 6.54 Å². The number of furan rings is 1. The van der Waals surface area contributed by atoms with E-state index in [0.29, 0.717) is 12.5 Å². The molecular weight excluding hydrogens is 427 g/mol. The molecule has 4 nitrogen and oxygen atoms in total. The highest BCUT2D eigenvalue weighted by Crippen LogP contribution is 2.37. The summed E-state index contributed by atoms with van der Waals surface area (Å²) in [5.41, 5.74) is 0.721. The molecule has 7 heteroatoms. The molecule has 1 aliphatic carbocycles. The fourth-order valence-corrected chi connectivity index (χ4v) is 2.79. The Hall–Kier alpha value is -1.64. The van der Waals surface area contributed by atoms with E-state index < -0.39 is 11.6 Å². The Morgan fingerprint density at radius 3 is 2.54 bits per heavy atom. The molecule has 0 unspecified atom stereocenters. The van der Waals surface area contributed by atoms with Crippen LogP contribution in [0.1, 0.15) is 30.1 Å². The topological polar surface area (TPSA) is 49.6 Å². The highest BCUT2D eigenvalue weighted by Gasteiger charge is 2.31. The van der Waals surface area contributed by atoms with E-state index in [1.165, 1.54) is 12.1 Å². The minimum atomic E-state index is -0.521. The standard InChI is InChI=1S/C17H19F2N3O.HI/c1-20-17(21-10-16-3-2-4-23-16)22-15-7-12(8-15)11-5-13(18)9-14(19)6-11;/h2-6,9,12,15H,7-8,10H2,1H3,(H2,20,21,22);1H. The Bertz CT molecular complexity index is 665. The Labute approximate surface area is 156 Å². The van der Waals surface area contributed by atoms with Gasteiger partial charge in [0.15, 0.2) is 5.96 Å². The van der Waals surface area contributed by atoms with Crippen molar-refractivity contribution in [3.05, 3.63) is 59.6 Å². The van der Waals surface area contributed by atoms with Crippen LogP contribution in [0.3, 0.4) is 0 Å². The van der Waals surface area contributed by atoms with Crippen LogP contribution in [0.2, 0.25) is 0 Å². The third-order valence-corrected chi connectivity index (χ3v) is 4.07. The summed E-state index contributed by atoms with van der Waals surface area (Å²) < 4.78 is 31.8. The smallest absolute Gasteiger partial charge is 0.191 e. The number of guanidine groups is 1. The molecule has 0 spiro atoms. The van der Waals surface area contributed by atoms with Gasteiger partial charge in [-0.15, -0.1) is 24.0 Å². The van der Waals surface area contributed by atoms with Gasteiger partial charge in [0.2, 0.25) is 0 Å². The zero-order valence-corrected chi connectivity index (χ0v) is 15.6. The molecule has 1 heterocycles. The molecule has 1 saturated carbocycles. The average molecular weight is 447 g/mol. The molecule has 1 aromatic heterocycles. The zero-order valence-electron chi connectivity index (χ0n) is 13.3. The third kappa shape index (κ3) is 4.68. The van der Waals surface area contributed by atoms with Crippen molar-refractivity contribution >= 4 is 29.9 Å². The Balaban J connectivity index is 0.00000208. The van der Waals surface area contributed by atoms with Crippen molar-refractivity contribution in [2.75, 3.05) is 7.05 Å². The predicted octanol–water partition coefficient (Wildman–Crippen LogP) is 3.79. The van der Waals surface area contributed by atoms with Crippen molar-refractivity contribution in [3.8, 4) is 0 Å². The first kappa shape index (κ1) is 18.7. The van der Waals surface area contributed by atoms with Gasteiger partial charge in [-0.1, -0.05) is 0 Å². The zero-order chi connectivity index (χ0) is 16.2. The van der Waals surface area contributed by atoms with Crippen LogP contribution in [0.25, 0.3) is 0 Å². The lowest BCUT2D eigenvalue weighted by atomic mass is 9.76. The van der Waals surface area contributed by atoms with E-state index in [-0.39, 0.29) is 35.9 Å². The van der Waals surface area contributed by atoms with Gasteiger partial charge < -0.3 is 15.1 Å². The van der Waals surface area contributed by atoms with Crippen LogP contribution in [-0.4, -0.2) is 19.0 Å². The van der Waals surface area contributed by atoms with Crippen LogP contribution >= 0.6 is 24.0 Å². The lowest BCUT2D eigenvalue weighted by Gasteiger charge is -2.37. The normalized spacial score (nSPS) is 20.0. The third-order valence-electron chi connectivity index (χ3n) is 4.07. The molecule has 0 aliphatic heterocycles. The summed E-state index contributed by atoms with van der Waals surface area (Å²) in [6.07, 6.45) is 3.27. The lowest BCUT2D eigenvalue weighted by Crippen LogP contribution is -2.48. The van der Waals surface area contributed by atoms with Gasteiger partial charge in [0.1, 0.15) is 17.4 Å². The summed E-state index contributed by atoms with van der Waals surface area (Å²) in [5.74, 6) is 0.658. The summed E-state index contributed by atoms with van der Waals surface area (Å²) in [4.78, 5) is 4.17. The molecule has 2 aromatic rings. The number of hydrogen-bond acceptors (Lipinski definition) is 2. The van der Waals surface area contributed by atoms with Crippen molar-refractivity contribution in [1.82, 2.24) is 10.6 Å². The molecular formula is C17H20F2IN3O. The number of nitrogens with one attached hydrogen (secondary N) is 2. The summed E-state index contributed by atoms with van der Waals surface area (Å²) in [6.45, 7) is 0.554. The maximum atomic E-state index is 13.3. The number of hydrogen-bond donors (Lipinski definition) is 2. The van der Waals surface area contributed by atoms with Gasteiger partial charge in [-0.05, 0) is 48.6 Å². The van der Waals surface area contributed by atoms with Crippen molar-refractivity contribution < 1.29 is 13.2 Å². The molecule has 0 radical (unpaired) electrons. The molecule has 24 heavy (non-hydrogen) atoms. The average Bonchev–Trinajstić information content (AvgIpc) is 2.97. The second kappa shape index (κ2) is 8.46. The quantitative estimate of drug-likeness (QED) is 0.426. The Morgan fingerprint density at radius 2 is 1.96 bits per heavy atom. The predicted molar refractivity (Wildman–Crippen MR) is 99.6 cm³/mol. The van der Waals surface area contributed by atoms with Crippen LogP contribution < -0.4 is 10.6 Å². The fraction of sp³-hybridized carbons (Fsp3) is 0.353. The van der Waals surface area contributed by atoms with E-state index in [0.717, 1.165) is 30.2 Å². The minimum absolute atomic E-state index is 0. The highest BCUT2D eigenvalue weighted by molar-refractivity contribution is 14.0. The maximum Gasteiger partial charge on any atom is 0.191 e. The molecule has 1 fully saturated rings. The molecule has 0 saturated heterocycles. The monoisotopic (exact) mass is 447 g/mol. The number of rotatable bonds is 4. The Kier molecular flexibility index (Phi) is 6.59. The second-order valence-corrected chi connectivity index (χ2v) is 5.72. The van der Waals surface area contributed by atoms with E-state index >= 15 is 0 Å². The molecule has 0 amide bonds. The second-order valence-electron chi connectivity index (χ2n) is 5.72. The summed E-state index contributed by atoms with van der Waals surface area (Å²) >= 11 is 0. The largest absolute Gasteiger partial charge is 0.467 e. The lowest BCUT2D eigenvalue weighted by molar-refractivity contribution is 0.320. The maximum absolute atomic E-state index is 13.3. The molecule has 0 bridgehead atoms. The number of nitrogens with zero attached hydrogens (tertiary/aromatic N) is 1. The van der Waals surface area contributed by atoms with Crippen molar-refractivity contribution in [2.45, 2.75) is 31.3 Å². The van der Waals surface area contributed by atoms with Gasteiger partial charge in [-0.2, -0.15) is 0 Å². The van der Waals surface area contributed by atoms with Crippen molar-refractivity contribution in [2.24, 2.45) is 4.99 Å². The first-order chi connectivity index (χ1) is 11.1. The fourth-order valence-electron chi connectivity index (χ4n) is 2.79. The first-order valence-electron chi connectivity index (χ1n) is 7.59. The summed E-state index contributed by atoms with van der Waals surface area (Å²) in [6, 6.07) is 7.69. The number of halogens is 3. The van der Waals surface area contributed by atoms with Crippen LogP contribution in [0, 0.1) is 11.6 Å². The van der Waals surface area contributed by atoms with Crippen LogP contribution in [0.15, 0.2) is 46.0 Å². The molecule has 0 atom stereocenters. The van der Waals surface area contributed by atoms with Gasteiger partial charge in [-0.3, -0.25) is 4.99 Å². The van der Waals surface area contributed by atoms with Gasteiger partial charge >= 0.3 is 0 Å². The van der Waals surface area contributed by atoms with E-state index in [4.69, 9.17) is 4.42 Å². The minimum Gasteiger partial charge on any atom is -0.467 e. The van der Waals surface area contributed by atoms with E-state index in [2.05, 4.69) is 15.6 Å². The van der Waals surface area contributed by atoms with E-state index in [1.807, 2.05) is 12.1 Å². The molecule has 2 N–H and O–H groups in total. The molecule has 1 aliphatic rings. The summed E-state index contributed by atoms with van der Waals surface area (Å²) in [5, 5.41) is 6.47. The SMILES string of the molecule is CN=C(NCc1ccco1)NC1CC(c2cc(F)cc(F)c2)C1.I. The van der Waals surface area contributed by atoms with Gasteiger partial charge in [-0.25, -0.2) is 8.78 Å². The van der Waals surface area contributed by atoms with Gasteiger partial charge in [0.05, 0.1) is 12.8 Å². The van der Waals surface area contributed by atoms with E-state index in [1.54, 1.807) is 13.3 Å².